The summed E-state index contributed by atoms with van der Waals surface area (Å²) >= 11 is 1.84. The summed E-state index contributed by atoms with van der Waals surface area (Å²) in [6.07, 6.45) is 0. The molecule has 0 aliphatic carbocycles. The van der Waals surface area contributed by atoms with Gasteiger partial charge in [0, 0.05) is 37.2 Å². The number of rotatable bonds is 7. The van der Waals surface area contributed by atoms with Crippen LogP contribution in [0.5, 0.6) is 0 Å². The van der Waals surface area contributed by atoms with Crippen molar-refractivity contribution >= 4 is 48.6 Å². The van der Waals surface area contributed by atoms with Crippen molar-refractivity contribution in [2.45, 2.75) is 0 Å². The summed E-state index contributed by atoms with van der Waals surface area (Å²) in [6.45, 7) is 0. The first-order valence-corrected chi connectivity index (χ1v) is 17.4. The molecule has 2 heteroatoms. The van der Waals surface area contributed by atoms with Crippen molar-refractivity contribution in [3.63, 3.8) is 0 Å². The van der Waals surface area contributed by atoms with Crippen LogP contribution < -0.4 is 4.90 Å². The third-order valence-electron chi connectivity index (χ3n) is 9.18. The predicted octanol–water partition coefficient (Wildman–Crippen LogP) is 14.2. The van der Waals surface area contributed by atoms with Gasteiger partial charge in [-0.3, -0.25) is 0 Å². The van der Waals surface area contributed by atoms with Gasteiger partial charge in [0.2, 0.25) is 0 Å². The van der Waals surface area contributed by atoms with Crippen LogP contribution in [0.4, 0.5) is 17.1 Å². The second-order valence-electron chi connectivity index (χ2n) is 12.2. The van der Waals surface area contributed by atoms with E-state index >= 15 is 0 Å². The number of thiophene rings is 1. The molecule has 0 saturated carbocycles. The van der Waals surface area contributed by atoms with Crippen LogP contribution in [0.15, 0.2) is 200 Å². The Balaban J connectivity index is 1.09. The molecule has 0 atom stereocenters. The molecule has 236 valence electrons. The summed E-state index contributed by atoms with van der Waals surface area (Å²) in [6, 6.07) is 57.2. The van der Waals surface area contributed by atoms with E-state index < -0.39 is 6.04 Å². The zero-order valence-electron chi connectivity index (χ0n) is 32.0. The third kappa shape index (κ3) is 5.66. The van der Waals surface area contributed by atoms with Crippen molar-refractivity contribution in [2.24, 2.45) is 0 Å². The molecule has 0 N–H and O–H groups in total. The van der Waals surface area contributed by atoms with Gasteiger partial charge in [0.25, 0.3) is 0 Å². The van der Waals surface area contributed by atoms with E-state index in [9.17, 15) is 0 Å². The van der Waals surface area contributed by atoms with E-state index in [1.807, 2.05) is 53.8 Å². The molecule has 0 amide bonds. The molecular formula is C48H33NS. The first-order valence-electron chi connectivity index (χ1n) is 19.1. The van der Waals surface area contributed by atoms with E-state index in [1.54, 1.807) is 0 Å². The SMILES string of the molecule is [2H]c1c([2H])c([2H])c(-c2ccc(N(c3ccc(-c4ccccc4)cc3)c3ccc(-c4cccc(-c5cccc6c5sc5ccccc56)c4)cc3)cc2)c([2H])c1[2H]. The largest absolute Gasteiger partial charge is 0.311 e. The maximum absolute atomic E-state index is 8.50. The van der Waals surface area contributed by atoms with Crippen LogP contribution in [0.3, 0.4) is 0 Å². The second kappa shape index (κ2) is 13.0. The minimum atomic E-state index is -0.399. The fraction of sp³-hybridized carbons (Fsp3) is 0. The Morgan fingerprint density at radius 3 is 1.56 bits per heavy atom. The minimum absolute atomic E-state index is 0.187. The molecule has 0 radical (unpaired) electrons. The van der Waals surface area contributed by atoms with Gasteiger partial charge in [0.15, 0.2) is 0 Å². The average molecular weight is 661 g/mol. The molecular weight excluding hydrogens is 623 g/mol. The number of nitrogens with zero attached hydrogens (tertiary/aromatic N) is 1. The molecule has 0 aliphatic heterocycles. The van der Waals surface area contributed by atoms with Crippen molar-refractivity contribution in [2.75, 3.05) is 4.90 Å². The monoisotopic (exact) mass is 660 g/mol. The Morgan fingerprint density at radius 1 is 0.380 bits per heavy atom. The van der Waals surface area contributed by atoms with Gasteiger partial charge in [0.1, 0.15) is 0 Å². The van der Waals surface area contributed by atoms with Crippen LogP contribution in [-0.2, 0) is 0 Å². The lowest BCUT2D eigenvalue weighted by Crippen LogP contribution is -2.09. The van der Waals surface area contributed by atoms with Crippen molar-refractivity contribution in [3.05, 3.63) is 200 Å². The predicted molar refractivity (Wildman–Crippen MR) is 216 cm³/mol. The van der Waals surface area contributed by atoms with Gasteiger partial charge in [-0.1, -0.05) is 152 Å². The molecule has 0 bridgehead atoms. The highest BCUT2D eigenvalue weighted by molar-refractivity contribution is 7.26. The first kappa shape index (κ1) is 24.9. The Kier molecular flexibility index (Phi) is 6.46. The van der Waals surface area contributed by atoms with Crippen molar-refractivity contribution in [1.82, 2.24) is 0 Å². The van der Waals surface area contributed by atoms with Crippen LogP contribution >= 0.6 is 11.3 Å². The van der Waals surface area contributed by atoms with Crippen LogP contribution in [0.25, 0.3) is 64.7 Å². The number of hydrogen-bond acceptors (Lipinski definition) is 2. The first-order chi connectivity index (χ1) is 26.9. The lowest BCUT2D eigenvalue weighted by Gasteiger charge is -2.26. The van der Waals surface area contributed by atoms with Crippen molar-refractivity contribution in [1.29, 1.82) is 0 Å². The Morgan fingerprint density at radius 2 is 0.880 bits per heavy atom. The molecule has 0 saturated heterocycles. The molecule has 0 aliphatic rings. The lowest BCUT2D eigenvalue weighted by molar-refractivity contribution is 1.28. The number of benzene rings is 8. The number of fused-ring (bicyclic) bond motifs is 3. The van der Waals surface area contributed by atoms with Gasteiger partial charge in [0.05, 0.1) is 6.85 Å². The molecule has 0 unspecified atom stereocenters. The molecule has 1 aromatic heterocycles. The molecule has 50 heavy (non-hydrogen) atoms. The van der Waals surface area contributed by atoms with Gasteiger partial charge in [-0.05, 0) is 93.0 Å². The quantitative estimate of drug-likeness (QED) is 0.164. The number of hydrogen-bond donors (Lipinski definition) is 0. The van der Waals surface area contributed by atoms with Crippen LogP contribution in [0.2, 0.25) is 0 Å². The summed E-state index contributed by atoms with van der Waals surface area (Å²) in [4.78, 5) is 2.17. The van der Waals surface area contributed by atoms with Crippen molar-refractivity contribution in [3.8, 4) is 44.5 Å². The standard InChI is InChI=1S/C48H33NS/c1-3-11-34(12-4-1)36-21-27-41(28-22-36)49(42-29-23-37(24-30-42)35-13-5-2-6-14-35)43-31-25-38(26-32-43)39-15-9-16-40(33-39)44-18-10-19-46-45-17-7-8-20-47(45)50-48(44)46/h1-33H/i1D,3D,4D,11D,12D. The third-order valence-corrected chi connectivity index (χ3v) is 10.4. The Hall–Kier alpha value is -6.22. The maximum atomic E-state index is 8.50. The van der Waals surface area contributed by atoms with Gasteiger partial charge in [-0.2, -0.15) is 0 Å². The van der Waals surface area contributed by atoms with Gasteiger partial charge in [-0.15, -0.1) is 11.3 Å². The highest BCUT2D eigenvalue weighted by Gasteiger charge is 2.15. The lowest BCUT2D eigenvalue weighted by atomic mass is 9.97. The molecule has 1 heterocycles. The Bertz CT molecular complexity index is 2820. The number of anilines is 3. The topological polar surface area (TPSA) is 3.24 Å². The van der Waals surface area contributed by atoms with E-state index in [0.717, 1.165) is 39.3 Å². The Labute approximate surface area is 304 Å². The van der Waals surface area contributed by atoms with E-state index in [4.69, 9.17) is 6.85 Å². The molecule has 1 nitrogen and oxygen atoms in total. The minimum Gasteiger partial charge on any atom is -0.311 e. The summed E-state index contributed by atoms with van der Waals surface area (Å²) in [5.74, 6) is 0. The van der Waals surface area contributed by atoms with Gasteiger partial charge < -0.3 is 4.90 Å². The van der Waals surface area contributed by atoms with E-state index in [-0.39, 0.29) is 29.7 Å². The maximum Gasteiger partial charge on any atom is 0.0629 e. The van der Waals surface area contributed by atoms with Crippen molar-refractivity contribution < 1.29 is 6.85 Å². The van der Waals surface area contributed by atoms with E-state index in [2.05, 4.69) is 132 Å². The highest BCUT2D eigenvalue weighted by Crippen LogP contribution is 2.41. The molecule has 0 fully saturated rings. The fourth-order valence-electron chi connectivity index (χ4n) is 6.70. The summed E-state index contributed by atoms with van der Waals surface area (Å²) in [5.41, 5.74) is 10.4. The average Bonchev–Trinajstić information content (AvgIpc) is 3.63. The summed E-state index contributed by atoms with van der Waals surface area (Å²) in [5, 5.41) is 2.57. The molecule has 0 spiro atoms. The molecule has 9 rings (SSSR count). The fourth-order valence-corrected chi connectivity index (χ4v) is 7.93. The molecule has 9 aromatic rings. The van der Waals surface area contributed by atoms with Crippen LogP contribution in [-0.4, -0.2) is 0 Å². The summed E-state index contributed by atoms with van der Waals surface area (Å²) in [7, 11) is 0. The van der Waals surface area contributed by atoms with Gasteiger partial charge >= 0.3 is 0 Å². The normalized spacial score (nSPS) is 12.6. The van der Waals surface area contributed by atoms with Crippen LogP contribution in [0.1, 0.15) is 6.85 Å². The second-order valence-corrected chi connectivity index (χ2v) is 13.3. The van der Waals surface area contributed by atoms with Gasteiger partial charge in [-0.25, -0.2) is 0 Å². The summed E-state index contributed by atoms with van der Waals surface area (Å²) < 4.78 is 43.9. The zero-order chi connectivity index (χ0) is 37.6. The van der Waals surface area contributed by atoms with E-state index in [0.29, 0.717) is 5.56 Å². The van der Waals surface area contributed by atoms with Crippen LogP contribution in [0, 0.1) is 0 Å². The highest BCUT2D eigenvalue weighted by atomic mass is 32.1. The molecule has 8 aromatic carbocycles. The smallest absolute Gasteiger partial charge is 0.0629 e. The van der Waals surface area contributed by atoms with E-state index in [1.165, 1.54) is 31.3 Å². The zero-order valence-corrected chi connectivity index (χ0v) is 27.8.